The number of hydrogen-bond acceptors (Lipinski definition) is 5. The van der Waals surface area contributed by atoms with Crippen LogP contribution in [-0.2, 0) is 27.1 Å². The Kier molecular flexibility index (Phi) is 9.22. The molecule has 0 bridgehead atoms. The van der Waals surface area contributed by atoms with E-state index < -0.39 is 6.10 Å². The first-order valence-electron chi connectivity index (χ1n) is 9.29. The molecule has 0 aliphatic rings. The van der Waals surface area contributed by atoms with Crippen LogP contribution in [0.2, 0.25) is 0 Å². The Balaban J connectivity index is 1.83. The lowest BCUT2D eigenvalue weighted by molar-refractivity contribution is -0.156. The minimum atomic E-state index is -0.564. The monoisotopic (exact) mass is 388 g/mol. The molecule has 2 aromatic rings. The molecule has 146 valence electrons. The van der Waals surface area contributed by atoms with Crippen LogP contribution in [0.15, 0.2) is 53.4 Å². The van der Waals surface area contributed by atoms with Gasteiger partial charge < -0.3 is 14.2 Å². The highest BCUT2D eigenvalue weighted by Gasteiger charge is 2.20. The van der Waals surface area contributed by atoms with E-state index in [9.17, 15) is 4.79 Å². The van der Waals surface area contributed by atoms with Crippen LogP contribution < -0.4 is 4.74 Å². The maximum atomic E-state index is 11.9. The van der Waals surface area contributed by atoms with E-state index in [0.717, 1.165) is 17.7 Å². The summed E-state index contributed by atoms with van der Waals surface area (Å²) >= 11 is 1.74. The molecule has 0 heterocycles. The highest BCUT2D eigenvalue weighted by atomic mass is 32.2. The Morgan fingerprint density at radius 3 is 2.22 bits per heavy atom. The molecule has 0 N–H and O–H groups in total. The summed E-state index contributed by atoms with van der Waals surface area (Å²) in [7, 11) is 0. The standard InChI is InChI=1S/C22H28O4S/c1-4-24-21(22(23)25-5-2)16-18-6-10-19(11-7-18)26-15-14-17-8-12-20(27-3)13-9-17/h6-13,21H,4-5,14-16H2,1-3H3. The molecule has 0 aromatic heterocycles. The third-order valence-electron chi connectivity index (χ3n) is 4.08. The number of ether oxygens (including phenoxy) is 3. The summed E-state index contributed by atoms with van der Waals surface area (Å²) in [6.45, 7) is 5.13. The van der Waals surface area contributed by atoms with Crippen molar-refractivity contribution < 1.29 is 19.0 Å². The van der Waals surface area contributed by atoms with Crippen LogP contribution in [0.3, 0.4) is 0 Å². The highest BCUT2D eigenvalue weighted by molar-refractivity contribution is 7.98. The summed E-state index contributed by atoms with van der Waals surface area (Å²) in [6.07, 6.45) is 2.87. The zero-order chi connectivity index (χ0) is 19.5. The van der Waals surface area contributed by atoms with Crippen LogP contribution >= 0.6 is 11.8 Å². The largest absolute Gasteiger partial charge is 0.493 e. The molecule has 0 saturated carbocycles. The van der Waals surface area contributed by atoms with E-state index in [1.165, 1.54) is 10.5 Å². The van der Waals surface area contributed by atoms with Crippen molar-refractivity contribution in [2.45, 2.75) is 37.7 Å². The first-order valence-corrected chi connectivity index (χ1v) is 10.5. The quantitative estimate of drug-likeness (QED) is 0.418. The van der Waals surface area contributed by atoms with Crippen molar-refractivity contribution in [1.29, 1.82) is 0 Å². The third-order valence-corrected chi connectivity index (χ3v) is 4.82. The average Bonchev–Trinajstić information content (AvgIpc) is 2.69. The number of thioether (sulfide) groups is 1. The van der Waals surface area contributed by atoms with Gasteiger partial charge in [-0.15, -0.1) is 11.8 Å². The molecule has 0 fully saturated rings. The number of rotatable bonds is 11. The summed E-state index contributed by atoms with van der Waals surface area (Å²) in [4.78, 5) is 13.2. The molecule has 0 aliphatic heterocycles. The predicted molar refractivity (Wildman–Crippen MR) is 110 cm³/mol. The molecule has 27 heavy (non-hydrogen) atoms. The maximum Gasteiger partial charge on any atom is 0.335 e. The molecule has 1 atom stereocenters. The zero-order valence-electron chi connectivity index (χ0n) is 16.3. The van der Waals surface area contributed by atoms with Crippen molar-refractivity contribution in [3.63, 3.8) is 0 Å². The summed E-state index contributed by atoms with van der Waals surface area (Å²) in [5, 5.41) is 0. The van der Waals surface area contributed by atoms with Crippen LogP contribution in [0.4, 0.5) is 0 Å². The molecule has 0 radical (unpaired) electrons. The molecular formula is C22H28O4S. The van der Waals surface area contributed by atoms with Crippen molar-refractivity contribution in [2.24, 2.45) is 0 Å². The van der Waals surface area contributed by atoms with Gasteiger partial charge in [0.15, 0.2) is 6.10 Å². The van der Waals surface area contributed by atoms with Gasteiger partial charge in [0, 0.05) is 24.3 Å². The topological polar surface area (TPSA) is 44.8 Å². The fraction of sp³-hybridized carbons (Fsp3) is 0.409. The number of carbonyl (C=O) groups is 1. The molecule has 0 aliphatic carbocycles. The Hall–Kier alpha value is -1.98. The molecule has 0 amide bonds. The van der Waals surface area contributed by atoms with Gasteiger partial charge in [0.1, 0.15) is 5.75 Å². The van der Waals surface area contributed by atoms with E-state index in [-0.39, 0.29) is 5.97 Å². The van der Waals surface area contributed by atoms with Crippen molar-refractivity contribution in [1.82, 2.24) is 0 Å². The highest BCUT2D eigenvalue weighted by Crippen LogP contribution is 2.17. The first kappa shape index (κ1) is 21.3. The van der Waals surface area contributed by atoms with Gasteiger partial charge in [-0.25, -0.2) is 4.79 Å². The van der Waals surface area contributed by atoms with Gasteiger partial charge in [0.05, 0.1) is 13.2 Å². The van der Waals surface area contributed by atoms with Crippen LogP contribution in [0, 0.1) is 0 Å². The second kappa shape index (κ2) is 11.7. The molecule has 0 saturated heterocycles. The molecule has 1 unspecified atom stereocenters. The average molecular weight is 389 g/mol. The summed E-state index contributed by atoms with van der Waals surface area (Å²) in [6, 6.07) is 16.3. The van der Waals surface area contributed by atoms with E-state index in [0.29, 0.717) is 26.2 Å². The van der Waals surface area contributed by atoms with E-state index >= 15 is 0 Å². The minimum Gasteiger partial charge on any atom is -0.493 e. The molecule has 2 aromatic carbocycles. The Labute approximate surface area is 166 Å². The second-order valence-corrected chi connectivity index (χ2v) is 6.87. The third kappa shape index (κ3) is 7.27. The fourth-order valence-corrected chi connectivity index (χ4v) is 3.07. The van der Waals surface area contributed by atoms with Gasteiger partial charge in [0.2, 0.25) is 0 Å². The summed E-state index contributed by atoms with van der Waals surface area (Å²) < 4.78 is 16.4. The lowest BCUT2D eigenvalue weighted by atomic mass is 10.1. The molecule has 0 spiro atoms. The number of esters is 1. The van der Waals surface area contributed by atoms with Crippen molar-refractivity contribution >= 4 is 17.7 Å². The Morgan fingerprint density at radius 2 is 1.63 bits per heavy atom. The Morgan fingerprint density at radius 1 is 0.963 bits per heavy atom. The minimum absolute atomic E-state index is 0.313. The number of carbonyl (C=O) groups excluding carboxylic acids is 1. The van der Waals surface area contributed by atoms with Gasteiger partial charge >= 0.3 is 5.97 Å². The lowest BCUT2D eigenvalue weighted by Gasteiger charge is -2.15. The lowest BCUT2D eigenvalue weighted by Crippen LogP contribution is -2.28. The van der Waals surface area contributed by atoms with Gasteiger partial charge in [-0.1, -0.05) is 24.3 Å². The van der Waals surface area contributed by atoms with Crippen molar-refractivity contribution in [3.05, 3.63) is 59.7 Å². The second-order valence-electron chi connectivity index (χ2n) is 5.99. The van der Waals surface area contributed by atoms with Gasteiger partial charge in [-0.2, -0.15) is 0 Å². The molecule has 2 rings (SSSR count). The summed E-state index contributed by atoms with van der Waals surface area (Å²) in [5.74, 6) is 0.510. The predicted octanol–water partition coefficient (Wildman–Crippen LogP) is 4.54. The van der Waals surface area contributed by atoms with Crippen LogP contribution in [-0.4, -0.2) is 38.1 Å². The fourth-order valence-electron chi connectivity index (χ4n) is 2.66. The number of benzene rings is 2. The molecular weight excluding hydrogens is 360 g/mol. The van der Waals surface area contributed by atoms with Crippen LogP contribution in [0.1, 0.15) is 25.0 Å². The van der Waals surface area contributed by atoms with Gasteiger partial charge in [-0.05, 0) is 55.5 Å². The van der Waals surface area contributed by atoms with Crippen LogP contribution in [0.25, 0.3) is 0 Å². The Bertz CT molecular complexity index is 682. The van der Waals surface area contributed by atoms with E-state index in [1.807, 2.05) is 31.2 Å². The molecule has 5 heteroatoms. The zero-order valence-corrected chi connectivity index (χ0v) is 17.1. The molecule has 4 nitrogen and oxygen atoms in total. The van der Waals surface area contributed by atoms with Crippen LogP contribution in [0.5, 0.6) is 5.75 Å². The van der Waals surface area contributed by atoms with E-state index in [1.54, 1.807) is 18.7 Å². The maximum absolute atomic E-state index is 11.9. The summed E-state index contributed by atoms with van der Waals surface area (Å²) in [5.41, 5.74) is 2.28. The normalized spacial score (nSPS) is 11.8. The van der Waals surface area contributed by atoms with Gasteiger partial charge in [-0.3, -0.25) is 0 Å². The van der Waals surface area contributed by atoms with E-state index in [4.69, 9.17) is 14.2 Å². The first-order chi connectivity index (χ1) is 13.2. The smallest absolute Gasteiger partial charge is 0.335 e. The van der Waals surface area contributed by atoms with Crippen molar-refractivity contribution in [3.8, 4) is 5.75 Å². The SMILES string of the molecule is CCOC(=O)C(Cc1ccc(OCCc2ccc(SC)cc2)cc1)OCC. The number of hydrogen-bond donors (Lipinski definition) is 0. The van der Waals surface area contributed by atoms with E-state index in [2.05, 4.69) is 30.5 Å². The van der Waals surface area contributed by atoms with Crippen molar-refractivity contribution in [2.75, 3.05) is 26.1 Å². The van der Waals surface area contributed by atoms with Gasteiger partial charge in [0.25, 0.3) is 0 Å².